The zero-order valence-corrected chi connectivity index (χ0v) is 18.4. The molecule has 3 rings (SSSR count). The van der Waals surface area contributed by atoms with E-state index in [0.29, 0.717) is 15.8 Å². The first kappa shape index (κ1) is 19.2. The number of thioether (sulfide) groups is 1. The number of rotatable bonds is 3. The van der Waals surface area contributed by atoms with Crippen molar-refractivity contribution in [1.29, 1.82) is 0 Å². The fourth-order valence-electron chi connectivity index (χ4n) is 2.53. The first-order valence-corrected chi connectivity index (χ1v) is 10.2. The van der Waals surface area contributed by atoms with Gasteiger partial charge in [-0.05, 0) is 92.9 Å². The van der Waals surface area contributed by atoms with Crippen LogP contribution >= 0.6 is 43.6 Å². The average molecular weight is 496 g/mol. The number of benzene rings is 2. The van der Waals surface area contributed by atoms with E-state index in [1.165, 1.54) is 17.3 Å². The quantitative estimate of drug-likeness (QED) is 0.553. The minimum Gasteiger partial charge on any atom is -0.494 e. The third-order valence-electron chi connectivity index (χ3n) is 3.75. The second kappa shape index (κ2) is 7.98. The van der Waals surface area contributed by atoms with Crippen molar-refractivity contribution in [2.24, 2.45) is 4.99 Å². The number of methoxy groups -OCH3 is 1. The number of amides is 1. The standard InChI is InChI=1S/C19H16Br2N2O2S/c1-10-4-5-15(11(2)6-10)22-19-23-18(24)16(26-19)9-12-7-13(20)17(25-3)14(21)8-12/h4-9H,1-3H3,(H,22,23,24)/b16-9+. The smallest absolute Gasteiger partial charge is 0.264 e. The van der Waals surface area contributed by atoms with E-state index in [9.17, 15) is 4.79 Å². The molecule has 1 amide bonds. The maximum absolute atomic E-state index is 12.3. The Kier molecular flexibility index (Phi) is 5.89. The molecule has 4 nitrogen and oxygen atoms in total. The summed E-state index contributed by atoms with van der Waals surface area (Å²) >= 11 is 8.29. The van der Waals surface area contributed by atoms with Gasteiger partial charge in [-0.15, -0.1) is 0 Å². The van der Waals surface area contributed by atoms with Crippen LogP contribution < -0.4 is 10.1 Å². The Morgan fingerprint density at radius 3 is 2.46 bits per heavy atom. The molecule has 0 bridgehead atoms. The molecule has 2 aromatic rings. The molecule has 1 aliphatic rings. The molecule has 2 aromatic carbocycles. The molecule has 0 atom stereocenters. The molecule has 7 heteroatoms. The van der Waals surface area contributed by atoms with Crippen LogP contribution in [0, 0.1) is 13.8 Å². The minimum absolute atomic E-state index is 0.151. The van der Waals surface area contributed by atoms with E-state index in [4.69, 9.17) is 4.74 Å². The number of carbonyl (C=O) groups is 1. The molecule has 0 aliphatic carbocycles. The largest absolute Gasteiger partial charge is 0.494 e. The third kappa shape index (κ3) is 4.22. The van der Waals surface area contributed by atoms with Crippen molar-refractivity contribution in [2.45, 2.75) is 13.8 Å². The highest BCUT2D eigenvalue weighted by molar-refractivity contribution is 9.11. The number of hydrogen-bond donors (Lipinski definition) is 1. The highest BCUT2D eigenvalue weighted by atomic mass is 79.9. The molecular weight excluding hydrogens is 480 g/mol. The van der Waals surface area contributed by atoms with Gasteiger partial charge in [0.1, 0.15) is 5.75 Å². The van der Waals surface area contributed by atoms with E-state index in [2.05, 4.69) is 48.2 Å². The van der Waals surface area contributed by atoms with Crippen molar-refractivity contribution in [2.75, 3.05) is 7.11 Å². The van der Waals surface area contributed by atoms with E-state index >= 15 is 0 Å². The van der Waals surface area contributed by atoms with Crippen LogP contribution in [-0.4, -0.2) is 18.2 Å². The van der Waals surface area contributed by atoms with Crippen LogP contribution in [0.5, 0.6) is 5.75 Å². The Morgan fingerprint density at radius 2 is 1.85 bits per heavy atom. The van der Waals surface area contributed by atoms with Gasteiger partial charge in [0.2, 0.25) is 0 Å². The average Bonchev–Trinajstić information content (AvgIpc) is 2.89. The fraction of sp³-hybridized carbons (Fsp3) is 0.158. The van der Waals surface area contributed by atoms with E-state index < -0.39 is 0 Å². The van der Waals surface area contributed by atoms with Gasteiger partial charge in [-0.2, -0.15) is 0 Å². The van der Waals surface area contributed by atoms with Gasteiger partial charge >= 0.3 is 0 Å². The van der Waals surface area contributed by atoms with E-state index in [1.54, 1.807) is 7.11 Å². The fourth-order valence-corrected chi connectivity index (χ4v) is 4.91. The minimum atomic E-state index is -0.151. The summed E-state index contributed by atoms with van der Waals surface area (Å²) in [5, 5.41) is 3.41. The number of hydrogen-bond acceptors (Lipinski definition) is 4. The van der Waals surface area contributed by atoms with Gasteiger partial charge in [0.05, 0.1) is 26.6 Å². The summed E-state index contributed by atoms with van der Waals surface area (Å²) in [7, 11) is 1.61. The van der Waals surface area contributed by atoms with E-state index in [1.807, 2.05) is 44.2 Å². The second-order valence-corrected chi connectivity index (χ2v) is 8.53. The van der Waals surface area contributed by atoms with Crippen molar-refractivity contribution in [1.82, 2.24) is 5.32 Å². The van der Waals surface area contributed by atoms with Gasteiger partial charge in [-0.25, -0.2) is 4.99 Å². The van der Waals surface area contributed by atoms with Crippen molar-refractivity contribution >= 4 is 66.5 Å². The van der Waals surface area contributed by atoms with Crippen molar-refractivity contribution in [3.05, 3.63) is 60.9 Å². The predicted octanol–water partition coefficient (Wildman–Crippen LogP) is 5.73. The number of halogens is 2. The summed E-state index contributed by atoms with van der Waals surface area (Å²) in [4.78, 5) is 17.4. The highest BCUT2D eigenvalue weighted by Crippen LogP contribution is 2.36. The van der Waals surface area contributed by atoms with Crippen molar-refractivity contribution in [3.63, 3.8) is 0 Å². The van der Waals surface area contributed by atoms with Crippen LogP contribution in [0.1, 0.15) is 16.7 Å². The molecule has 1 saturated heterocycles. The Balaban J connectivity index is 1.88. The molecule has 0 radical (unpaired) electrons. The molecular formula is C19H16Br2N2O2S. The van der Waals surface area contributed by atoms with Crippen LogP contribution in [-0.2, 0) is 4.79 Å². The normalized spacial score (nSPS) is 17.0. The summed E-state index contributed by atoms with van der Waals surface area (Å²) in [6.45, 7) is 4.05. The number of aliphatic imine (C=N–C) groups is 1. The SMILES string of the molecule is COc1c(Br)cc(/C=C2/SC(=Nc3ccc(C)cc3C)NC2=O)cc1Br. The maximum Gasteiger partial charge on any atom is 0.264 e. The molecule has 1 heterocycles. The van der Waals surface area contributed by atoms with Gasteiger partial charge in [-0.3, -0.25) is 4.79 Å². The lowest BCUT2D eigenvalue weighted by Crippen LogP contribution is -2.19. The van der Waals surface area contributed by atoms with E-state index in [0.717, 1.165) is 25.8 Å². The van der Waals surface area contributed by atoms with Gasteiger partial charge in [0, 0.05) is 0 Å². The topological polar surface area (TPSA) is 50.7 Å². The second-order valence-electron chi connectivity index (χ2n) is 5.79. The van der Waals surface area contributed by atoms with Crippen LogP contribution in [0.15, 0.2) is 49.2 Å². The first-order valence-electron chi connectivity index (χ1n) is 7.77. The van der Waals surface area contributed by atoms with Gasteiger partial charge < -0.3 is 10.1 Å². The Bertz CT molecular complexity index is 932. The first-order chi connectivity index (χ1) is 12.4. The lowest BCUT2D eigenvalue weighted by atomic mass is 10.1. The summed E-state index contributed by atoms with van der Waals surface area (Å²) in [6, 6.07) is 9.86. The number of nitrogens with zero attached hydrogens (tertiary/aromatic N) is 1. The number of aryl methyl sites for hydroxylation is 2. The monoisotopic (exact) mass is 494 g/mol. The molecule has 1 N–H and O–H groups in total. The Hall–Kier alpha value is -1.57. The number of amidine groups is 1. The number of ether oxygens (including phenoxy) is 1. The maximum atomic E-state index is 12.3. The molecule has 1 fully saturated rings. The zero-order valence-electron chi connectivity index (χ0n) is 14.4. The Labute approximate surface area is 173 Å². The number of carbonyl (C=O) groups excluding carboxylic acids is 1. The van der Waals surface area contributed by atoms with Gasteiger partial charge in [-0.1, -0.05) is 17.7 Å². The Morgan fingerprint density at radius 1 is 1.15 bits per heavy atom. The van der Waals surface area contributed by atoms with Gasteiger partial charge in [0.25, 0.3) is 5.91 Å². The van der Waals surface area contributed by atoms with Crippen LogP contribution in [0.3, 0.4) is 0 Å². The lowest BCUT2D eigenvalue weighted by Gasteiger charge is -2.07. The number of nitrogens with one attached hydrogen (secondary N) is 1. The zero-order chi connectivity index (χ0) is 18.8. The molecule has 0 spiro atoms. The van der Waals surface area contributed by atoms with E-state index in [-0.39, 0.29) is 5.91 Å². The molecule has 0 unspecified atom stereocenters. The molecule has 0 saturated carbocycles. The summed E-state index contributed by atoms with van der Waals surface area (Å²) in [5.41, 5.74) is 4.00. The molecule has 1 aliphatic heterocycles. The van der Waals surface area contributed by atoms with Crippen LogP contribution in [0.4, 0.5) is 5.69 Å². The van der Waals surface area contributed by atoms with Gasteiger partial charge in [0.15, 0.2) is 5.17 Å². The third-order valence-corrected chi connectivity index (χ3v) is 5.84. The van der Waals surface area contributed by atoms with Crippen molar-refractivity contribution in [3.8, 4) is 5.75 Å². The molecule has 26 heavy (non-hydrogen) atoms. The summed E-state index contributed by atoms with van der Waals surface area (Å²) < 4.78 is 6.93. The summed E-state index contributed by atoms with van der Waals surface area (Å²) in [6.07, 6.45) is 1.83. The highest BCUT2D eigenvalue weighted by Gasteiger charge is 2.24. The summed E-state index contributed by atoms with van der Waals surface area (Å²) in [5.74, 6) is 0.564. The lowest BCUT2D eigenvalue weighted by molar-refractivity contribution is -0.115. The molecule has 134 valence electrons. The van der Waals surface area contributed by atoms with Crippen molar-refractivity contribution < 1.29 is 9.53 Å². The predicted molar refractivity (Wildman–Crippen MR) is 115 cm³/mol. The van der Waals surface area contributed by atoms with Crippen LogP contribution in [0.2, 0.25) is 0 Å². The molecule has 0 aromatic heterocycles. The van der Waals surface area contributed by atoms with Crippen LogP contribution in [0.25, 0.3) is 6.08 Å².